The molecule has 1 aromatic rings. The monoisotopic (exact) mass is 292 g/mol. The molecule has 5 heteroatoms. The van der Waals surface area contributed by atoms with E-state index in [1.807, 2.05) is 0 Å². The van der Waals surface area contributed by atoms with E-state index >= 15 is 0 Å². The van der Waals surface area contributed by atoms with Crippen molar-refractivity contribution in [2.45, 2.75) is 45.6 Å². The predicted octanol–water partition coefficient (Wildman–Crippen LogP) is 3.66. The third-order valence-electron chi connectivity index (χ3n) is 4.44. The van der Waals surface area contributed by atoms with Gasteiger partial charge in [-0.15, -0.1) is 0 Å². The van der Waals surface area contributed by atoms with Crippen molar-refractivity contribution >= 4 is 11.4 Å². The molecule has 1 aliphatic heterocycles. The van der Waals surface area contributed by atoms with Gasteiger partial charge in [0.25, 0.3) is 5.69 Å². The van der Waals surface area contributed by atoms with E-state index in [9.17, 15) is 15.2 Å². The van der Waals surface area contributed by atoms with Gasteiger partial charge >= 0.3 is 0 Å². The zero-order valence-electron chi connectivity index (χ0n) is 12.8. The van der Waals surface area contributed by atoms with Crippen LogP contribution in [0.1, 0.15) is 51.2 Å². The summed E-state index contributed by atoms with van der Waals surface area (Å²) in [7, 11) is 0. The minimum absolute atomic E-state index is 0.100. The van der Waals surface area contributed by atoms with Gasteiger partial charge in [0, 0.05) is 19.2 Å². The first-order valence-electron chi connectivity index (χ1n) is 7.74. The van der Waals surface area contributed by atoms with Crippen molar-refractivity contribution in [3.8, 4) is 0 Å². The molecule has 0 radical (unpaired) electrons. The first kappa shape index (κ1) is 15.8. The SMILES string of the molecule is CCC1CCCN(c2ccc([C@H](C)O)cc2[N+](=O)[O-])CC1. The highest BCUT2D eigenvalue weighted by atomic mass is 16.6. The highest BCUT2D eigenvalue weighted by Gasteiger charge is 2.23. The lowest BCUT2D eigenvalue weighted by molar-refractivity contribution is -0.384. The van der Waals surface area contributed by atoms with E-state index in [-0.39, 0.29) is 10.6 Å². The fourth-order valence-electron chi connectivity index (χ4n) is 3.03. The molecule has 21 heavy (non-hydrogen) atoms. The van der Waals surface area contributed by atoms with Crippen LogP contribution in [0.25, 0.3) is 0 Å². The van der Waals surface area contributed by atoms with Crippen LogP contribution < -0.4 is 4.90 Å². The van der Waals surface area contributed by atoms with Crippen LogP contribution in [0.15, 0.2) is 18.2 Å². The molecule has 0 bridgehead atoms. The van der Waals surface area contributed by atoms with Crippen LogP contribution in [-0.2, 0) is 0 Å². The number of anilines is 1. The van der Waals surface area contributed by atoms with Gasteiger partial charge in [-0.1, -0.05) is 19.4 Å². The summed E-state index contributed by atoms with van der Waals surface area (Å²) in [5, 5.41) is 20.9. The van der Waals surface area contributed by atoms with Crippen molar-refractivity contribution in [2.24, 2.45) is 5.92 Å². The lowest BCUT2D eigenvalue weighted by Crippen LogP contribution is -2.25. The molecule has 2 rings (SSSR count). The lowest BCUT2D eigenvalue weighted by atomic mass is 9.98. The fraction of sp³-hybridized carbons (Fsp3) is 0.625. The van der Waals surface area contributed by atoms with Crippen molar-refractivity contribution in [2.75, 3.05) is 18.0 Å². The normalized spacial score (nSPS) is 20.9. The van der Waals surface area contributed by atoms with Crippen LogP contribution in [0, 0.1) is 16.0 Å². The number of benzene rings is 1. The summed E-state index contributed by atoms with van der Waals surface area (Å²) < 4.78 is 0. The van der Waals surface area contributed by atoms with Gasteiger partial charge < -0.3 is 10.0 Å². The smallest absolute Gasteiger partial charge is 0.292 e. The second kappa shape index (κ2) is 6.89. The lowest BCUT2D eigenvalue weighted by Gasteiger charge is -2.23. The largest absolute Gasteiger partial charge is 0.389 e. The Labute approximate surface area is 125 Å². The molecule has 116 valence electrons. The first-order chi connectivity index (χ1) is 10.0. The molecule has 1 fully saturated rings. The van der Waals surface area contributed by atoms with Gasteiger partial charge in [0.2, 0.25) is 0 Å². The second-order valence-electron chi connectivity index (χ2n) is 5.87. The number of hydrogen-bond acceptors (Lipinski definition) is 4. The Balaban J connectivity index is 2.28. The maximum Gasteiger partial charge on any atom is 0.292 e. The van der Waals surface area contributed by atoms with E-state index in [4.69, 9.17) is 0 Å². The summed E-state index contributed by atoms with van der Waals surface area (Å²) in [6.45, 7) is 5.56. The van der Waals surface area contributed by atoms with E-state index < -0.39 is 6.10 Å². The number of nitro benzene ring substituents is 1. The third-order valence-corrected chi connectivity index (χ3v) is 4.44. The van der Waals surface area contributed by atoms with Crippen LogP contribution in [0.2, 0.25) is 0 Å². The van der Waals surface area contributed by atoms with Gasteiger partial charge in [0.05, 0.1) is 11.0 Å². The summed E-state index contributed by atoms with van der Waals surface area (Å²) in [6, 6.07) is 5.07. The average molecular weight is 292 g/mol. The number of aliphatic hydroxyl groups is 1. The Morgan fingerprint density at radius 2 is 2.19 bits per heavy atom. The summed E-state index contributed by atoms with van der Waals surface area (Å²) in [6.07, 6.45) is 3.86. The van der Waals surface area contributed by atoms with E-state index in [2.05, 4.69) is 11.8 Å². The summed E-state index contributed by atoms with van der Waals surface area (Å²) in [5.74, 6) is 0.728. The van der Waals surface area contributed by atoms with Crippen LogP contribution in [0.5, 0.6) is 0 Å². The van der Waals surface area contributed by atoms with Crippen molar-refractivity contribution in [1.82, 2.24) is 0 Å². The van der Waals surface area contributed by atoms with E-state index in [0.29, 0.717) is 11.3 Å². The fourth-order valence-corrected chi connectivity index (χ4v) is 3.03. The van der Waals surface area contributed by atoms with Gasteiger partial charge in [0.1, 0.15) is 5.69 Å². The molecule has 1 aliphatic rings. The first-order valence-corrected chi connectivity index (χ1v) is 7.74. The Kier molecular flexibility index (Phi) is 5.17. The van der Waals surface area contributed by atoms with E-state index in [1.165, 1.54) is 18.9 Å². The van der Waals surface area contributed by atoms with Crippen LogP contribution in [0.4, 0.5) is 11.4 Å². The molecule has 0 aliphatic carbocycles. The van der Waals surface area contributed by atoms with Crippen LogP contribution in [0.3, 0.4) is 0 Å². The molecule has 0 aromatic heterocycles. The van der Waals surface area contributed by atoms with Crippen LogP contribution >= 0.6 is 0 Å². The number of nitro groups is 1. The standard InChI is InChI=1S/C16H24N2O3/c1-3-13-5-4-9-17(10-8-13)15-7-6-14(12(2)19)11-16(15)18(20)21/h6-7,11-13,19H,3-5,8-10H2,1-2H3/t12-,13?/m0/s1. The Hall–Kier alpha value is -1.62. The van der Waals surface area contributed by atoms with Crippen LogP contribution in [-0.4, -0.2) is 23.1 Å². The number of hydrogen-bond donors (Lipinski definition) is 1. The second-order valence-corrected chi connectivity index (χ2v) is 5.87. The van der Waals surface area contributed by atoms with E-state index in [0.717, 1.165) is 31.8 Å². The van der Waals surface area contributed by atoms with Crippen molar-refractivity contribution in [3.05, 3.63) is 33.9 Å². The zero-order valence-corrected chi connectivity index (χ0v) is 12.8. The van der Waals surface area contributed by atoms with Gasteiger partial charge in [-0.3, -0.25) is 10.1 Å². The number of nitrogens with zero attached hydrogens (tertiary/aromatic N) is 2. The van der Waals surface area contributed by atoms with Gasteiger partial charge in [0.15, 0.2) is 0 Å². The molecular formula is C16H24N2O3. The predicted molar refractivity (Wildman–Crippen MR) is 83.6 cm³/mol. The Bertz CT molecular complexity index is 502. The molecule has 0 amide bonds. The molecule has 1 heterocycles. The van der Waals surface area contributed by atoms with Gasteiger partial charge in [-0.2, -0.15) is 0 Å². The molecule has 0 spiro atoms. The molecule has 5 nitrogen and oxygen atoms in total. The third kappa shape index (κ3) is 3.73. The zero-order chi connectivity index (χ0) is 15.4. The Morgan fingerprint density at radius 1 is 1.43 bits per heavy atom. The molecule has 1 aromatic carbocycles. The highest BCUT2D eigenvalue weighted by Crippen LogP contribution is 2.33. The van der Waals surface area contributed by atoms with E-state index in [1.54, 1.807) is 19.1 Å². The van der Waals surface area contributed by atoms with Gasteiger partial charge in [-0.05, 0) is 43.7 Å². The van der Waals surface area contributed by atoms with Gasteiger partial charge in [-0.25, -0.2) is 0 Å². The van der Waals surface area contributed by atoms with Crippen molar-refractivity contribution in [3.63, 3.8) is 0 Å². The minimum atomic E-state index is -0.689. The summed E-state index contributed by atoms with van der Waals surface area (Å²) in [5.41, 5.74) is 1.37. The molecule has 2 atom stereocenters. The maximum absolute atomic E-state index is 11.3. The summed E-state index contributed by atoms with van der Waals surface area (Å²) in [4.78, 5) is 13.1. The average Bonchev–Trinajstić information content (AvgIpc) is 2.71. The van der Waals surface area contributed by atoms with Crippen molar-refractivity contribution < 1.29 is 10.0 Å². The molecular weight excluding hydrogens is 268 g/mol. The topological polar surface area (TPSA) is 66.6 Å². The summed E-state index contributed by atoms with van der Waals surface area (Å²) >= 11 is 0. The quantitative estimate of drug-likeness (QED) is 0.679. The minimum Gasteiger partial charge on any atom is -0.389 e. The molecule has 1 saturated heterocycles. The Morgan fingerprint density at radius 3 is 2.81 bits per heavy atom. The molecule has 1 unspecified atom stereocenters. The molecule has 1 N–H and O–H groups in total. The molecule has 0 saturated carbocycles. The van der Waals surface area contributed by atoms with Crippen molar-refractivity contribution in [1.29, 1.82) is 0 Å². The maximum atomic E-state index is 11.3. The number of aliphatic hydroxyl groups excluding tert-OH is 1. The number of rotatable bonds is 4. The highest BCUT2D eigenvalue weighted by molar-refractivity contribution is 5.64.